The lowest BCUT2D eigenvalue weighted by Gasteiger charge is -2.22. The number of carbonyl (C=O) groups excluding carboxylic acids is 5. The minimum atomic E-state index is -1.07. The Morgan fingerprint density at radius 3 is 2.43 bits per heavy atom. The number of urea groups is 1. The molecule has 30 heavy (non-hydrogen) atoms. The molecule has 162 valence electrons. The summed E-state index contributed by atoms with van der Waals surface area (Å²) >= 11 is 0. The maximum absolute atomic E-state index is 12.5. The van der Waals surface area contributed by atoms with E-state index in [0.717, 1.165) is 11.3 Å². The van der Waals surface area contributed by atoms with Crippen molar-refractivity contribution in [1.82, 2.24) is 21.1 Å². The highest BCUT2D eigenvalue weighted by Crippen LogP contribution is 2.24. The average molecular weight is 418 g/mol. The second kappa shape index (κ2) is 9.86. The van der Waals surface area contributed by atoms with Crippen molar-refractivity contribution < 1.29 is 28.7 Å². The third-order valence-corrected chi connectivity index (χ3v) is 4.57. The van der Waals surface area contributed by atoms with Crippen molar-refractivity contribution in [2.75, 3.05) is 13.2 Å². The van der Waals surface area contributed by atoms with E-state index in [9.17, 15) is 24.0 Å². The highest BCUT2D eigenvalue weighted by Gasteiger charge is 2.48. The number of esters is 1. The third-order valence-electron chi connectivity index (χ3n) is 4.57. The highest BCUT2D eigenvalue weighted by molar-refractivity contribution is 6.08. The maximum atomic E-state index is 12.5. The van der Waals surface area contributed by atoms with Crippen LogP contribution in [0.15, 0.2) is 30.3 Å². The molecular weight excluding hydrogens is 392 g/mol. The summed E-state index contributed by atoms with van der Waals surface area (Å²) in [7, 11) is 0. The van der Waals surface area contributed by atoms with Gasteiger partial charge in [-0.1, -0.05) is 32.0 Å². The number of rotatable bonds is 8. The summed E-state index contributed by atoms with van der Waals surface area (Å²) in [4.78, 5) is 60.9. The summed E-state index contributed by atoms with van der Waals surface area (Å²) < 4.78 is 4.79. The molecule has 2 rings (SSSR count). The van der Waals surface area contributed by atoms with Gasteiger partial charge in [-0.2, -0.15) is 0 Å². The fourth-order valence-electron chi connectivity index (χ4n) is 2.78. The van der Waals surface area contributed by atoms with Crippen LogP contribution < -0.4 is 16.2 Å². The van der Waals surface area contributed by atoms with Crippen molar-refractivity contribution in [2.24, 2.45) is 5.92 Å². The molecule has 10 nitrogen and oxygen atoms in total. The van der Waals surface area contributed by atoms with Gasteiger partial charge >= 0.3 is 12.0 Å². The molecule has 0 bridgehead atoms. The largest absolute Gasteiger partial charge is 0.454 e. The topological polar surface area (TPSA) is 134 Å². The van der Waals surface area contributed by atoms with Gasteiger partial charge in [0, 0.05) is 5.56 Å². The van der Waals surface area contributed by atoms with E-state index in [-0.39, 0.29) is 0 Å². The van der Waals surface area contributed by atoms with Crippen molar-refractivity contribution in [1.29, 1.82) is 0 Å². The minimum Gasteiger partial charge on any atom is -0.454 e. The van der Waals surface area contributed by atoms with Crippen molar-refractivity contribution in [2.45, 2.75) is 39.2 Å². The second-order valence-electron chi connectivity index (χ2n) is 7.62. The van der Waals surface area contributed by atoms with Crippen molar-refractivity contribution in [3.8, 4) is 0 Å². The number of hydrogen-bond acceptors (Lipinski definition) is 6. The zero-order chi connectivity index (χ0) is 22.3. The van der Waals surface area contributed by atoms with Gasteiger partial charge in [-0.05, 0) is 37.8 Å². The molecule has 0 saturated carbocycles. The third kappa shape index (κ3) is 6.03. The van der Waals surface area contributed by atoms with Gasteiger partial charge in [-0.25, -0.2) is 4.79 Å². The summed E-state index contributed by atoms with van der Waals surface area (Å²) in [5.41, 5.74) is 3.57. The summed E-state index contributed by atoms with van der Waals surface area (Å²) in [5, 5.41) is 2.61. The fourth-order valence-corrected chi connectivity index (χ4v) is 2.78. The number of benzene rings is 1. The van der Waals surface area contributed by atoms with Crippen LogP contribution >= 0.6 is 0 Å². The zero-order valence-electron chi connectivity index (χ0n) is 17.2. The molecule has 5 amide bonds. The Kier molecular flexibility index (Phi) is 7.51. The highest BCUT2D eigenvalue weighted by atomic mass is 16.5. The molecule has 0 unspecified atom stereocenters. The quantitative estimate of drug-likeness (QED) is 0.324. The molecule has 0 radical (unpaired) electrons. The SMILES string of the molecule is CC(C)CC[C@@]1(C)NC(=O)N(CC(=O)OCC(=O)NNC(=O)c2ccccc2)C1=O. The Balaban J connectivity index is 1.77. The summed E-state index contributed by atoms with van der Waals surface area (Å²) in [6.45, 7) is 4.34. The molecule has 10 heteroatoms. The van der Waals surface area contributed by atoms with E-state index in [1.807, 2.05) is 13.8 Å². The van der Waals surface area contributed by atoms with Gasteiger partial charge in [0.05, 0.1) is 0 Å². The number of carbonyl (C=O) groups is 5. The van der Waals surface area contributed by atoms with E-state index < -0.39 is 48.4 Å². The van der Waals surface area contributed by atoms with Gasteiger partial charge in [0.15, 0.2) is 6.61 Å². The molecule has 0 aromatic heterocycles. The smallest absolute Gasteiger partial charge is 0.326 e. The van der Waals surface area contributed by atoms with Gasteiger partial charge in [0.1, 0.15) is 12.1 Å². The Labute approximate surface area is 174 Å². The van der Waals surface area contributed by atoms with Crippen molar-refractivity contribution in [3.05, 3.63) is 35.9 Å². The average Bonchev–Trinajstić information content (AvgIpc) is 2.93. The molecule has 0 aliphatic carbocycles. The first-order valence-electron chi connectivity index (χ1n) is 9.56. The Morgan fingerprint density at radius 1 is 1.13 bits per heavy atom. The number of nitrogens with zero attached hydrogens (tertiary/aromatic N) is 1. The molecule has 1 aromatic carbocycles. The summed E-state index contributed by atoms with van der Waals surface area (Å²) in [6, 6.07) is 7.53. The first-order chi connectivity index (χ1) is 14.1. The number of hydrazine groups is 1. The minimum absolute atomic E-state index is 0.342. The Hall–Kier alpha value is -3.43. The normalized spacial score (nSPS) is 18.2. The number of ether oxygens (including phenoxy) is 1. The predicted octanol–water partition coefficient (Wildman–Crippen LogP) is 0.738. The predicted molar refractivity (Wildman–Crippen MR) is 106 cm³/mol. The van der Waals surface area contributed by atoms with Crippen LogP contribution in [0.2, 0.25) is 0 Å². The standard InChI is InChI=1S/C20H26N4O6/c1-13(2)9-10-20(3)18(28)24(19(29)21-20)11-16(26)30-12-15(25)22-23-17(27)14-7-5-4-6-8-14/h4-8,13H,9-12H2,1-3H3,(H,21,29)(H,22,25)(H,23,27)/t20-/m1/s1. The molecule has 0 spiro atoms. The number of nitrogens with one attached hydrogen (secondary N) is 3. The van der Waals surface area contributed by atoms with Crippen molar-refractivity contribution in [3.63, 3.8) is 0 Å². The van der Waals surface area contributed by atoms with E-state index in [2.05, 4.69) is 16.2 Å². The lowest BCUT2D eigenvalue weighted by Crippen LogP contribution is -2.45. The van der Waals surface area contributed by atoms with Gasteiger partial charge < -0.3 is 10.1 Å². The lowest BCUT2D eigenvalue weighted by molar-refractivity contribution is -0.151. The van der Waals surface area contributed by atoms with E-state index in [1.165, 1.54) is 0 Å². The molecular formula is C20H26N4O6. The molecule has 3 N–H and O–H groups in total. The molecule has 1 fully saturated rings. The van der Waals surface area contributed by atoms with Crippen LogP contribution in [0.5, 0.6) is 0 Å². The molecule has 1 saturated heterocycles. The monoisotopic (exact) mass is 418 g/mol. The molecule has 1 aromatic rings. The molecule has 1 aliphatic rings. The van der Waals surface area contributed by atoms with Gasteiger partial charge in [0.25, 0.3) is 17.7 Å². The summed E-state index contributed by atoms with van der Waals surface area (Å²) in [5.74, 6) is -2.38. The zero-order valence-corrected chi connectivity index (χ0v) is 17.2. The van der Waals surface area contributed by atoms with Crippen LogP contribution in [0.1, 0.15) is 44.0 Å². The Morgan fingerprint density at radius 2 is 1.80 bits per heavy atom. The first-order valence-corrected chi connectivity index (χ1v) is 9.56. The first kappa shape index (κ1) is 22.9. The van der Waals surface area contributed by atoms with Crippen LogP contribution in [-0.4, -0.2) is 53.3 Å². The van der Waals surface area contributed by atoms with Crippen LogP contribution in [0.3, 0.4) is 0 Å². The van der Waals surface area contributed by atoms with Crippen LogP contribution in [-0.2, 0) is 19.1 Å². The van der Waals surface area contributed by atoms with Gasteiger partial charge in [0.2, 0.25) is 0 Å². The maximum Gasteiger partial charge on any atom is 0.326 e. The van der Waals surface area contributed by atoms with Gasteiger partial charge in [-0.3, -0.25) is 34.9 Å². The van der Waals surface area contributed by atoms with Crippen LogP contribution in [0.4, 0.5) is 4.79 Å². The van der Waals surface area contributed by atoms with Crippen LogP contribution in [0, 0.1) is 5.92 Å². The fraction of sp³-hybridized carbons (Fsp3) is 0.450. The Bertz CT molecular complexity index is 826. The second-order valence-corrected chi connectivity index (χ2v) is 7.62. The molecule has 1 atom stereocenters. The number of hydrogen-bond donors (Lipinski definition) is 3. The van der Waals surface area contributed by atoms with E-state index >= 15 is 0 Å². The van der Waals surface area contributed by atoms with Crippen LogP contribution in [0.25, 0.3) is 0 Å². The summed E-state index contributed by atoms with van der Waals surface area (Å²) in [6.07, 6.45) is 1.18. The van der Waals surface area contributed by atoms with E-state index in [4.69, 9.17) is 4.74 Å². The molecule has 1 heterocycles. The lowest BCUT2D eigenvalue weighted by atomic mass is 9.92. The molecule has 1 aliphatic heterocycles. The van der Waals surface area contributed by atoms with Crippen molar-refractivity contribution >= 4 is 29.7 Å². The number of imide groups is 1. The van der Waals surface area contributed by atoms with E-state index in [0.29, 0.717) is 17.9 Å². The number of amides is 5. The van der Waals surface area contributed by atoms with E-state index in [1.54, 1.807) is 37.3 Å². The van der Waals surface area contributed by atoms with Gasteiger partial charge in [-0.15, -0.1) is 0 Å².